The van der Waals surface area contributed by atoms with Gasteiger partial charge in [0.05, 0.1) is 17.9 Å². The zero-order valence-corrected chi connectivity index (χ0v) is 11.8. The molecule has 0 saturated heterocycles. The number of nitrogens with one attached hydrogen (secondary N) is 1. The molecule has 0 aromatic heterocycles. The second-order valence-corrected chi connectivity index (χ2v) is 5.30. The van der Waals surface area contributed by atoms with E-state index in [1.165, 1.54) is 0 Å². The number of primary amides is 1. The number of nitrogen functional groups attached to an aromatic ring is 1. The number of hydrogen-bond donors (Lipinski definition) is 3. The molecule has 1 aliphatic heterocycles. The Morgan fingerprint density at radius 1 is 1.40 bits per heavy atom. The molecule has 1 aromatic carbocycles. The molecule has 1 aliphatic rings. The smallest absolute Gasteiger partial charge is 0.236 e. The highest BCUT2D eigenvalue weighted by Crippen LogP contribution is 2.34. The summed E-state index contributed by atoms with van der Waals surface area (Å²) >= 11 is 0. The first-order valence-corrected chi connectivity index (χ1v) is 6.65. The van der Waals surface area contributed by atoms with E-state index in [1.54, 1.807) is 0 Å². The Hall–Kier alpha value is -2.24. The van der Waals surface area contributed by atoms with Gasteiger partial charge in [0.15, 0.2) is 0 Å². The molecule has 0 unspecified atom stereocenters. The van der Waals surface area contributed by atoms with E-state index in [0.29, 0.717) is 18.5 Å². The molecule has 0 saturated carbocycles. The van der Waals surface area contributed by atoms with Crippen molar-refractivity contribution in [3.05, 3.63) is 17.7 Å². The molecule has 0 aliphatic carbocycles. The minimum Gasteiger partial charge on any atom is -0.397 e. The van der Waals surface area contributed by atoms with Gasteiger partial charge in [-0.2, -0.15) is 0 Å². The molecule has 2 amide bonds. The third kappa shape index (κ3) is 2.84. The van der Waals surface area contributed by atoms with Crippen LogP contribution in [0.3, 0.4) is 0 Å². The van der Waals surface area contributed by atoms with Crippen LogP contribution in [0.5, 0.6) is 0 Å². The van der Waals surface area contributed by atoms with E-state index in [4.69, 9.17) is 11.5 Å². The number of fused-ring (bicyclic) bond motifs is 1. The van der Waals surface area contributed by atoms with Crippen molar-refractivity contribution in [1.82, 2.24) is 0 Å². The topological polar surface area (TPSA) is 101 Å². The summed E-state index contributed by atoms with van der Waals surface area (Å²) in [5, 5.41) is 2.84. The fourth-order valence-electron chi connectivity index (χ4n) is 2.40. The number of hydrogen-bond acceptors (Lipinski definition) is 4. The lowest BCUT2D eigenvalue weighted by Crippen LogP contribution is -2.39. The summed E-state index contributed by atoms with van der Waals surface area (Å²) in [5.74, 6) is -0.418. The number of benzene rings is 1. The Morgan fingerprint density at radius 2 is 2.10 bits per heavy atom. The first-order valence-electron chi connectivity index (χ1n) is 6.65. The van der Waals surface area contributed by atoms with Crippen molar-refractivity contribution in [1.29, 1.82) is 0 Å². The maximum atomic E-state index is 11.5. The average Bonchev–Trinajstić information content (AvgIpc) is 2.35. The van der Waals surface area contributed by atoms with Gasteiger partial charge in [0.25, 0.3) is 0 Å². The summed E-state index contributed by atoms with van der Waals surface area (Å²) in [7, 11) is 0. The zero-order chi connectivity index (χ0) is 14.9. The number of carbonyl (C=O) groups excluding carboxylic acids is 2. The monoisotopic (exact) mass is 276 g/mol. The van der Waals surface area contributed by atoms with Crippen LogP contribution in [-0.4, -0.2) is 24.4 Å². The highest BCUT2D eigenvalue weighted by Gasteiger charge is 2.21. The number of amides is 2. The normalized spacial score (nSPS) is 13.8. The van der Waals surface area contributed by atoms with Crippen molar-refractivity contribution in [2.45, 2.75) is 32.7 Å². The van der Waals surface area contributed by atoms with E-state index in [9.17, 15) is 9.59 Å². The van der Waals surface area contributed by atoms with Crippen molar-refractivity contribution in [2.24, 2.45) is 5.73 Å². The fourth-order valence-corrected chi connectivity index (χ4v) is 2.40. The van der Waals surface area contributed by atoms with Crippen LogP contribution in [0.2, 0.25) is 0 Å². The first kappa shape index (κ1) is 14.2. The number of rotatable bonds is 4. The highest BCUT2D eigenvalue weighted by atomic mass is 16.2. The second kappa shape index (κ2) is 5.40. The van der Waals surface area contributed by atoms with Crippen LogP contribution in [0.4, 0.5) is 17.1 Å². The molecule has 5 N–H and O–H groups in total. The van der Waals surface area contributed by atoms with Crippen molar-refractivity contribution < 1.29 is 9.59 Å². The highest BCUT2D eigenvalue weighted by molar-refractivity contribution is 5.96. The predicted octanol–water partition coefficient (Wildman–Crippen LogP) is 0.854. The molecular weight excluding hydrogens is 256 g/mol. The molecule has 0 atom stereocenters. The van der Waals surface area contributed by atoms with Crippen molar-refractivity contribution in [3.63, 3.8) is 0 Å². The average molecular weight is 276 g/mol. The van der Waals surface area contributed by atoms with Gasteiger partial charge in [-0.3, -0.25) is 9.59 Å². The Balaban J connectivity index is 2.42. The molecule has 6 heteroatoms. The summed E-state index contributed by atoms with van der Waals surface area (Å²) in [6.45, 7) is 4.01. The lowest BCUT2D eigenvalue weighted by atomic mass is 10.0. The van der Waals surface area contributed by atoms with Gasteiger partial charge in [0.2, 0.25) is 11.8 Å². The van der Waals surface area contributed by atoms with Gasteiger partial charge in [-0.1, -0.05) is 0 Å². The van der Waals surface area contributed by atoms with Gasteiger partial charge >= 0.3 is 0 Å². The van der Waals surface area contributed by atoms with E-state index in [2.05, 4.69) is 5.32 Å². The fraction of sp³-hybridized carbons (Fsp3) is 0.429. The molecule has 108 valence electrons. The van der Waals surface area contributed by atoms with Crippen LogP contribution in [0.25, 0.3) is 0 Å². The number of carbonyl (C=O) groups is 2. The van der Waals surface area contributed by atoms with E-state index in [0.717, 1.165) is 16.9 Å². The molecular formula is C14H20N4O2. The quantitative estimate of drug-likeness (QED) is 0.710. The van der Waals surface area contributed by atoms with E-state index in [-0.39, 0.29) is 18.5 Å². The maximum absolute atomic E-state index is 11.5. The molecule has 0 radical (unpaired) electrons. The van der Waals surface area contributed by atoms with Gasteiger partial charge < -0.3 is 21.7 Å². The second-order valence-electron chi connectivity index (χ2n) is 5.30. The molecule has 1 aromatic rings. The first-order chi connectivity index (χ1) is 9.38. The Morgan fingerprint density at radius 3 is 2.70 bits per heavy atom. The van der Waals surface area contributed by atoms with Crippen LogP contribution in [-0.2, 0) is 16.0 Å². The van der Waals surface area contributed by atoms with E-state index in [1.807, 2.05) is 30.9 Å². The SMILES string of the molecule is CC(C)N(CC(N)=O)c1cc2c(cc1N)CCC(=O)N2. The van der Waals surface area contributed by atoms with Crippen LogP contribution < -0.4 is 21.7 Å². The molecule has 0 spiro atoms. The lowest BCUT2D eigenvalue weighted by molar-refractivity contribution is -0.117. The van der Waals surface area contributed by atoms with Crippen LogP contribution >= 0.6 is 0 Å². The van der Waals surface area contributed by atoms with Crippen molar-refractivity contribution in [3.8, 4) is 0 Å². The largest absolute Gasteiger partial charge is 0.397 e. The molecule has 1 heterocycles. The van der Waals surface area contributed by atoms with Gasteiger partial charge in [-0.05, 0) is 38.0 Å². The van der Waals surface area contributed by atoms with Crippen molar-refractivity contribution in [2.75, 3.05) is 22.5 Å². The molecule has 0 bridgehead atoms. The van der Waals surface area contributed by atoms with E-state index < -0.39 is 5.91 Å². The minimum atomic E-state index is -0.417. The maximum Gasteiger partial charge on any atom is 0.236 e. The van der Waals surface area contributed by atoms with Gasteiger partial charge in [0.1, 0.15) is 0 Å². The molecule has 2 rings (SSSR count). The van der Waals surface area contributed by atoms with Gasteiger partial charge in [0, 0.05) is 18.2 Å². The predicted molar refractivity (Wildman–Crippen MR) is 79.5 cm³/mol. The molecule has 20 heavy (non-hydrogen) atoms. The molecule has 6 nitrogen and oxygen atoms in total. The van der Waals surface area contributed by atoms with E-state index >= 15 is 0 Å². The number of anilines is 3. The molecule has 0 fully saturated rings. The van der Waals surface area contributed by atoms with Gasteiger partial charge in [-0.25, -0.2) is 0 Å². The Bertz CT molecular complexity index is 554. The summed E-state index contributed by atoms with van der Waals surface area (Å²) in [6.07, 6.45) is 1.16. The Kier molecular flexibility index (Phi) is 3.83. The summed E-state index contributed by atoms with van der Waals surface area (Å²) < 4.78 is 0. The summed E-state index contributed by atoms with van der Waals surface area (Å²) in [5.41, 5.74) is 14.5. The zero-order valence-electron chi connectivity index (χ0n) is 11.8. The standard InChI is InChI=1S/C14H20N4O2/c1-8(2)18(7-13(16)19)12-6-11-9(5-10(12)15)3-4-14(20)17-11/h5-6,8H,3-4,7,15H2,1-2H3,(H2,16,19)(H,17,20). The van der Waals surface area contributed by atoms with Crippen LogP contribution in [0, 0.1) is 0 Å². The third-order valence-corrected chi connectivity index (χ3v) is 3.41. The third-order valence-electron chi connectivity index (χ3n) is 3.41. The van der Waals surface area contributed by atoms with Crippen LogP contribution in [0.1, 0.15) is 25.8 Å². The lowest BCUT2D eigenvalue weighted by Gasteiger charge is -2.30. The number of aryl methyl sites for hydroxylation is 1. The minimum absolute atomic E-state index is 0.000723. The van der Waals surface area contributed by atoms with Gasteiger partial charge in [-0.15, -0.1) is 0 Å². The van der Waals surface area contributed by atoms with Crippen molar-refractivity contribution >= 4 is 28.9 Å². The summed E-state index contributed by atoms with van der Waals surface area (Å²) in [4.78, 5) is 24.5. The Labute approximate surface area is 118 Å². The number of nitrogens with zero attached hydrogens (tertiary/aromatic N) is 1. The summed E-state index contributed by atoms with van der Waals surface area (Å²) in [6, 6.07) is 3.76. The van der Waals surface area contributed by atoms with Crippen LogP contribution in [0.15, 0.2) is 12.1 Å². The number of nitrogens with two attached hydrogens (primary N) is 2.